The van der Waals surface area contributed by atoms with Crippen LogP contribution in [0.15, 0.2) is 48.5 Å². The number of carbonyl (C=O) groups excluding carboxylic acids is 2. The van der Waals surface area contributed by atoms with Gasteiger partial charge in [-0.25, -0.2) is 9.59 Å². The maximum Gasteiger partial charge on any atom is 0.407 e. The van der Waals surface area contributed by atoms with Gasteiger partial charge in [0.15, 0.2) is 0 Å². The Morgan fingerprint density at radius 1 is 1.09 bits per heavy atom. The molecule has 1 saturated heterocycles. The van der Waals surface area contributed by atoms with Crippen molar-refractivity contribution in [3.8, 4) is 11.1 Å². The van der Waals surface area contributed by atoms with Gasteiger partial charge in [-0.15, -0.1) is 0 Å². The summed E-state index contributed by atoms with van der Waals surface area (Å²) in [7, 11) is 0. The lowest BCUT2D eigenvalue weighted by Crippen LogP contribution is -2.51. The normalized spacial score (nSPS) is 25.3. The summed E-state index contributed by atoms with van der Waals surface area (Å²) in [5.41, 5.74) is 3.55. The maximum atomic E-state index is 12.8. The zero-order chi connectivity index (χ0) is 23.2. The summed E-state index contributed by atoms with van der Waals surface area (Å²) in [6.07, 6.45) is 1.34. The number of alkyl carbamates (subject to hydrolysis) is 1. The second kappa shape index (κ2) is 8.21. The van der Waals surface area contributed by atoms with Crippen molar-refractivity contribution in [3.05, 3.63) is 59.7 Å². The quantitative estimate of drug-likeness (QED) is 0.704. The molecule has 2 aromatic rings. The van der Waals surface area contributed by atoms with Crippen LogP contribution in [-0.4, -0.2) is 53.2 Å². The number of ether oxygens (including phenoxy) is 1. The first-order chi connectivity index (χ1) is 15.9. The predicted octanol–water partition coefficient (Wildman–Crippen LogP) is 3.63. The SMILES string of the molecule is C[C@]1(C(=O)O)CCCN1C(=O)[C@H]1C[C@H]1CNC(=O)OCC1c2ccccc2-c2ccccc21. The highest BCUT2D eigenvalue weighted by molar-refractivity contribution is 5.90. The molecule has 0 aromatic heterocycles. The molecule has 3 atom stereocenters. The number of likely N-dealkylation sites (tertiary alicyclic amines) is 1. The van der Waals surface area contributed by atoms with E-state index in [4.69, 9.17) is 4.74 Å². The molecular formula is C26H28N2O5. The minimum absolute atomic E-state index is 0.00210. The fraction of sp³-hybridized carbons (Fsp3) is 0.423. The molecule has 2 N–H and O–H groups in total. The fourth-order valence-electron chi connectivity index (χ4n) is 5.38. The average molecular weight is 449 g/mol. The van der Waals surface area contributed by atoms with Gasteiger partial charge in [-0.3, -0.25) is 4.79 Å². The topological polar surface area (TPSA) is 95.9 Å². The van der Waals surface area contributed by atoms with Crippen molar-refractivity contribution < 1.29 is 24.2 Å². The van der Waals surface area contributed by atoms with E-state index in [0.717, 1.165) is 11.1 Å². The number of hydrogen-bond donors (Lipinski definition) is 2. The first-order valence-corrected chi connectivity index (χ1v) is 11.5. The van der Waals surface area contributed by atoms with E-state index < -0.39 is 17.6 Å². The Hall–Kier alpha value is -3.35. The monoisotopic (exact) mass is 448 g/mol. The maximum absolute atomic E-state index is 12.8. The molecule has 2 aliphatic carbocycles. The molecule has 5 rings (SSSR count). The summed E-state index contributed by atoms with van der Waals surface area (Å²) in [6.45, 7) is 2.69. The number of hydrogen-bond acceptors (Lipinski definition) is 4. The van der Waals surface area contributed by atoms with Crippen LogP contribution in [0.4, 0.5) is 4.79 Å². The minimum Gasteiger partial charge on any atom is -0.480 e. The number of carbonyl (C=O) groups is 3. The summed E-state index contributed by atoms with van der Waals surface area (Å²) in [4.78, 5) is 38.4. The van der Waals surface area contributed by atoms with Gasteiger partial charge in [0.2, 0.25) is 5.91 Å². The van der Waals surface area contributed by atoms with Crippen molar-refractivity contribution in [1.82, 2.24) is 10.2 Å². The molecule has 2 aromatic carbocycles. The van der Waals surface area contributed by atoms with E-state index in [2.05, 4.69) is 29.6 Å². The highest BCUT2D eigenvalue weighted by Gasteiger charge is 2.52. The fourth-order valence-corrected chi connectivity index (χ4v) is 5.38. The number of carboxylic acids is 1. The van der Waals surface area contributed by atoms with Gasteiger partial charge in [0.05, 0.1) is 0 Å². The van der Waals surface area contributed by atoms with Crippen LogP contribution in [0.1, 0.15) is 43.2 Å². The molecule has 1 heterocycles. The summed E-state index contributed by atoms with van der Waals surface area (Å²) in [6, 6.07) is 16.4. The van der Waals surface area contributed by atoms with Crippen LogP contribution >= 0.6 is 0 Å². The molecule has 1 saturated carbocycles. The van der Waals surface area contributed by atoms with E-state index in [-0.39, 0.29) is 30.3 Å². The van der Waals surface area contributed by atoms with Crippen LogP contribution in [0.5, 0.6) is 0 Å². The lowest BCUT2D eigenvalue weighted by atomic mass is 9.98. The largest absolute Gasteiger partial charge is 0.480 e. The van der Waals surface area contributed by atoms with Gasteiger partial charge in [0.1, 0.15) is 12.1 Å². The Bertz CT molecular complexity index is 1070. The van der Waals surface area contributed by atoms with Gasteiger partial charge in [0.25, 0.3) is 0 Å². The van der Waals surface area contributed by atoms with E-state index >= 15 is 0 Å². The van der Waals surface area contributed by atoms with E-state index in [1.807, 2.05) is 24.3 Å². The molecular weight excluding hydrogens is 420 g/mol. The number of carboxylic acid groups (broad SMARTS) is 1. The summed E-state index contributed by atoms with van der Waals surface area (Å²) in [5.74, 6) is -1.27. The van der Waals surface area contributed by atoms with Gasteiger partial charge < -0.3 is 20.1 Å². The molecule has 33 heavy (non-hydrogen) atoms. The van der Waals surface area contributed by atoms with Crippen LogP contribution in [-0.2, 0) is 14.3 Å². The number of nitrogens with one attached hydrogen (secondary N) is 1. The molecule has 172 valence electrons. The van der Waals surface area contributed by atoms with E-state index in [9.17, 15) is 19.5 Å². The second-order valence-electron chi connectivity index (χ2n) is 9.48. The van der Waals surface area contributed by atoms with Gasteiger partial charge >= 0.3 is 12.1 Å². The lowest BCUT2D eigenvalue weighted by Gasteiger charge is -2.31. The van der Waals surface area contributed by atoms with Crippen molar-refractivity contribution in [2.75, 3.05) is 19.7 Å². The number of rotatable bonds is 6. The van der Waals surface area contributed by atoms with Crippen LogP contribution in [0.3, 0.4) is 0 Å². The first-order valence-electron chi connectivity index (χ1n) is 11.5. The van der Waals surface area contributed by atoms with Crippen molar-refractivity contribution in [3.63, 3.8) is 0 Å². The zero-order valence-electron chi connectivity index (χ0n) is 18.6. The Labute approximate surface area is 192 Å². The van der Waals surface area contributed by atoms with Gasteiger partial charge in [-0.05, 0) is 54.4 Å². The standard InChI is InChI=1S/C26H28N2O5/c1-26(24(30)31)11-6-12-28(26)23(29)21-13-16(21)14-27-25(32)33-15-22-19-9-4-2-7-17(19)18-8-3-5-10-20(18)22/h2-5,7-10,16,21-22H,6,11-15H2,1H3,(H,27,32)(H,30,31)/t16-,21-,26+/m0/s1. The summed E-state index contributed by atoms with van der Waals surface area (Å²) >= 11 is 0. The number of benzene rings is 2. The second-order valence-corrected chi connectivity index (χ2v) is 9.48. The molecule has 2 fully saturated rings. The van der Waals surface area contributed by atoms with Crippen LogP contribution < -0.4 is 5.32 Å². The Balaban J connectivity index is 1.13. The molecule has 7 heteroatoms. The van der Waals surface area contributed by atoms with Gasteiger partial charge in [0, 0.05) is 24.9 Å². The highest BCUT2D eigenvalue weighted by Crippen LogP contribution is 2.45. The first kappa shape index (κ1) is 21.5. The average Bonchev–Trinajstić information content (AvgIpc) is 3.38. The minimum atomic E-state index is -1.12. The molecule has 1 aliphatic heterocycles. The number of fused-ring (bicyclic) bond motifs is 3. The van der Waals surface area contributed by atoms with Crippen molar-refractivity contribution in [1.29, 1.82) is 0 Å². The van der Waals surface area contributed by atoms with Gasteiger partial charge in [-0.2, -0.15) is 0 Å². The molecule has 0 bridgehead atoms. The lowest BCUT2D eigenvalue weighted by molar-refractivity contribution is -0.155. The number of aliphatic carboxylic acids is 1. The Morgan fingerprint density at radius 2 is 1.73 bits per heavy atom. The van der Waals surface area contributed by atoms with Crippen molar-refractivity contribution in [2.45, 2.75) is 37.6 Å². The third-order valence-electron chi connectivity index (χ3n) is 7.46. The van der Waals surface area contributed by atoms with E-state index in [1.165, 1.54) is 16.0 Å². The molecule has 0 spiro atoms. The van der Waals surface area contributed by atoms with Crippen LogP contribution in [0.25, 0.3) is 11.1 Å². The zero-order valence-corrected chi connectivity index (χ0v) is 18.6. The predicted molar refractivity (Wildman–Crippen MR) is 122 cm³/mol. The summed E-state index contributed by atoms with van der Waals surface area (Å²) < 4.78 is 5.55. The molecule has 2 amide bonds. The molecule has 0 radical (unpaired) electrons. The number of nitrogens with zero attached hydrogens (tertiary/aromatic N) is 1. The Kier molecular flexibility index (Phi) is 5.35. The van der Waals surface area contributed by atoms with Crippen LogP contribution in [0.2, 0.25) is 0 Å². The summed E-state index contributed by atoms with van der Waals surface area (Å²) in [5, 5.41) is 12.3. The third-order valence-corrected chi connectivity index (χ3v) is 7.46. The smallest absolute Gasteiger partial charge is 0.407 e. The molecule has 3 aliphatic rings. The van der Waals surface area contributed by atoms with E-state index in [1.54, 1.807) is 6.92 Å². The van der Waals surface area contributed by atoms with Gasteiger partial charge in [-0.1, -0.05) is 48.5 Å². The molecule has 0 unspecified atom stereocenters. The molecule has 7 nitrogen and oxygen atoms in total. The number of amides is 2. The third kappa shape index (κ3) is 3.75. The highest BCUT2D eigenvalue weighted by atomic mass is 16.5. The van der Waals surface area contributed by atoms with Crippen LogP contribution in [0, 0.1) is 11.8 Å². The Morgan fingerprint density at radius 3 is 2.36 bits per heavy atom. The van der Waals surface area contributed by atoms with E-state index in [0.29, 0.717) is 32.4 Å². The van der Waals surface area contributed by atoms with Crippen molar-refractivity contribution in [2.24, 2.45) is 11.8 Å². The van der Waals surface area contributed by atoms with Crippen molar-refractivity contribution >= 4 is 18.0 Å².